The predicted octanol–water partition coefficient (Wildman–Crippen LogP) is 5.12. The molecule has 0 atom stereocenters. The number of nitrogens with zero attached hydrogens (tertiary/aromatic N) is 2. The largest absolute Gasteiger partial charge is 0.490 e. The van der Waals surface area contributed by atoms with Crippen LogP contribution < -0.4 is 19.7 Å². The number of carbonyl (C=O) groups is 2. The van der Waals surface area contributed by atoms with Crippen molar-refractivity contribution in [3.8, 4) is 11.5 Å². The molecule has 0 bridgehead atoms. The molecule has 1 heterocycles. The molecular weight excluding hydrogens is 428 g/mol. The van der Waals surface area contributed by atoms with Crippen molar-refractivity contribution >= 4 is 34.9 Å². The summed E-state index contributed by atoms with van der Waals surface area (Å²) in [5, 5.41) is 11.7. The Morgan fingerprint density at radius 1 is 1.09 bits per heavy atom. The molecule has 0 aliphatic rings. The van der Waals surface area contributed by atoms with Gasteiger partial charge in [-0.15, -0.1) is 0 Å². The lowest BCUT2D eigenvalue weighted by molar-refractivity contribution is 0.186. The molecule has 0 saturated heterocycles. The Hall–Kier alpha value is -3.95. The summed E-state index contributed by atoms with van der Waals surface area (Å²) in [6, 6.07) is 12.5. The van der Waals surface area contributed by atoms with Crippen LogP contribution in [0.3, 0.4) is 0 Å². The zero-order valence-electron chi connectivity index (χ0n) is 19.4. The average Bonchev–Trinajstić information content (AvgIpc) is 3.18. The first-order valence-electron chi connectivity index (χ1n) is 10.5. The SMILES string of the molecule is CCOc1ccc(N(C(=O)O)C(C)C)cc1OCC.COC(=O)Nc1nc2ccccc2[nH]1. The normalized spacial score (nSPS) is 10.2. The third kappa shape index (κ3) is 7.03. The zero-order chi connectivity index (χ0) is 24.4. The first-order valence-corrected chi connectivity index (χ1v) is 10.5. The van der Waals surface area contributed by atoms with Gasteiger partial charge in [-0.1, -0.05) is 12.1 Å². The second kappa shape index (κ2) is 12.2. The van der Waals surface area contributed by atoms with E-state index in [1.54, 1.807) is 18.2 Å². The fraction of sp³-hybridized carbons (Fsp3) is 0.348. The minimum atomic E-state index is -0.985. The van der Waals surface area contributed by atoms with E-state index in [0.29, 0.717) is 36.3 Å². The number of aromatic amines is 1. The molecule has 178 valence electrons. The second-order valence-electron chi connectivity index (χ2n) is 6.96. The molecule has 1 aromatic heterocycles. The number of carboxylic acid groups (broad SMARTS) is 1. The number of hydrogen-bond acceptors (Lipinski definition) is 6. The molecule has 0 fully saturated rings. The molecule has 0 radical (unpaired) electrons. The number of nitrogens with one attached hydrogen (secondary N) is 2. The van der Waals surface area contributed by atoms with E-state index in [4.69, 9.17) is 9.47 Å². The van der Waals surface area contributed by atoms with Gasteiger partial charge in [0.25, 0.3) is 0 Å². The Bertz CT molecular complexity index is 1030. The Morgan fingerprint density at radius 3 is 2.33 bits per heavy atom. The van der Waals surface area contributed by atoms with Crippen LogP contribution in [0.25, 0.3) is 11.0 Å². The highest BCUT2D eigenvalue weighted by atomic mass is 16.5. The molecule has 33 heavy (non-hydrogen) atoms. The molecule has 3 aromatic rings. The van der Waals surface area contributed by atoms with Gasteiger partial charge in [0.15, 0.2) is 11.5 Å². The maximum Gasteiger partial charge on any atom is 0.413 e. The summed E-state index contributed by atoms with van der Waals surface area (Å²) in [7, 11) is 1.30. The van der Waals surface area contributed by atoms with Crippen LogP contribution in [-0.4, -0.2) is 53.6 Å². The van der Waals surface area contributed by atoms with Crippen molar-refractivity contribution in [2.24, 2.45) is 0 Å². The van der Waals surface area contributed by atoms with Crippen LogP contribution in [0.5, 0.6) is 11.5 Å². The Kier molecular flexibility index (Phi) is 9.34. The van der Waals surface area contributed by atoms with Crippen molar-refractivity contribution in [1.82, 2.24) is 9.97 Å². The van der Waals surface area contributed by atoms with Crippen molar-refractivity contribution in [2.45, 2.75) is 33.7 Å². The molecule has 0 aliphatic heterocycles. The van der Waals surface area contributed by atoms with Crippen LogP contribution in [0.4, 0.5) is 21.2 Å². The predicted molar refractivity (Wildman–Crippen MR) is 127 cm³/mol. The van der Waals surface area contributed by atoms with Gasteiger partial charge in [-0.3, -0.25) is 10.2 Å². The Balaban J connectivity index is 0.000000243. The van der Waals surface area contributed by atoms with Crippen molar-refractivity contribution < 1.29 is 28.9 Å². The summed E-state index contributed by atoms with van der Waals surface area (Å²) < 4.78 is 15.4. The molecular formula is C23H30N4O6. The Labute approximate surface area is 192 Å². The van der Waals surface area contributed by atoms with Crippen LogP contribution in [0.15, 0.2) is 42.5 Å². The standard InChI is InChI=1S/C14H21NO4.C9H9N3O2/c1-5-18-12-8-7-11(9-13(12)19-6-2)15(10(3)4)14(16)17;1-14-9(13)12-8-10-6-4-2-3-5-7(6)11-8/h7-10H,5-6H2,1-4H3,(H,16,17);2-5H,1H3,(H2,10,11,12,13). The first kappa shape index (κ1) is 25.3. The van der Waals surface area contributed by atoms with Gasteiger partial charge in [-0.2, -0.15) is 0 Å². The summed E-state index contributed by atoms with van der Waals surface area (Å²) in [6.45, 7) is 8.45. The van der Waals surface area contributed by atoms with Crippen LogP contribution >= 0.6 is 0 Å². The molecule has 0 spiro atoms. The number of carbonyl (C=O) groups excluding carboxylic acids is 1. The number of amides is 2. The van der Waals surface area contributed by atoms with E-state index < -0.39 is 12.2 Å². The third-order valence-electron chi connectivity index (χ3n) is 4.32. The smallest absolute Gasteiger partial charge is 0.413 e. The second-order valence-corrected chi connectivity index (χ2v) is 6.96. The maximum absolute atomic E-state index is 11.3. The lowest BCUT2D eigenvalue weighted by Gasteiger charge is -2.24. The molecule has 0 aliphatic carbocycles. The van der Waals surface area contributed by atoms with E-state index in [2.05, 4.69) is 20.0 Å². The van der Waals surface area contributed by atoms with Gasteiger partial charge in [0, 0.05) is 12.1 Å². The van der Waals surface area contributed by atoms with Crippen molar-refractivity contribution in [2.75, 3.05) is 30.5 Å². The Morgan fingerprint density at radius 2 is 1.76 bits per heavy atom. The van der Waals surface area contributed by atoms with E-state index in [1.165, 1.54) is 12.0 Å². The van der Waals surface area contributed by atoms with Crippen LogP contribution in [0, 0.1) is 0 Å². The minimum Gasteiger partial charge on any atom is -0.490 e. The minimum absolute atomic E-state index is 0.148. The van der Waals surface area contributed by atoms with Crippen molar-refractivity contribution in [3.05, 3.63) is 42.5 Å². The molecule has 10 nitrogen and oxygen atoms in total. The van der Waals surface area contributed by atoms with E-state index in [0.717, 1.165) is 11.0 Å². The van der Waals surface area contributed by atoms with E-state index >= 15 is 0 Å². The van der Waals surface area contributed by atoms with Gasteiger partial charge in [0.1, 0.15) is 0 Å². The van der Waals surface area contributed by atoms with Gasteiger partial charge < -0.3 is 24.3 Å². The highest BCUT2D eigenvalue weighted by molar-refractivity contribution is 5.87. The summed E-state index contributed by atoms with van der Waals surface area (Å²) in [5.74, 6) is 1.58. The summed E-state index contributed by atoms with van der Waals surface area (Å²) in [4.78, 5) is 30.5. The number of aromatic nitrogens is 2. The van der Waals surface area contributed by atoms with Crippen molar-refractivity contribution in [3.63, 3.8) is 0 Å². The third-order valence-corrected chi connectivity index (χ3v) is 4.32. The lowest BCUT2D eigenvalue weighted by atomic mass is 10.2. The highest BCUT2D eigenvalue weighted by Crippen LogP contribution is 2.33. The van der Waals surface area contributed by atoms with Crippen LogP contribution in [-0.2, 0) is 4.74 Å². The quantitative estimate of drug-likeness (QED) is 0.449. The van der Waals surface area contributed by atoms with Gasteiger partial charge in [0.2, 0.25) is 5.95 Å². The number of benzene rings is 2. The van der Waals surface area contributed by atoms with Gasteiger partial charge in [-0.05, 0) is 52.0 Å². The number of rotatable bonds is 7. The highest BCUT2D eigenvalue weighted by Gasteiger charge is 2.19. The van der Waals surface area contributed by atoms with Gasteiger partial charge in [-0.25, -0.2) is 14.6 Å². The van der Waals surface area contributed by atoms with E-state index in [-0.39, 0.29) is 6.04 Å². The number of methoxy groups -OCH3 is 1. The summed E-state index contributed by atoms with van der Waals surface area (Å²) >= 11 is 0. The topological polar surface area (TPSA) is 126 Å². The van der Waals surface area contributed by atoms with Crippen LogP contribution in [0.1, 0.15) is 27.7 Å². The number of fused-ring (bicyclic) bond motifs is 1. The molecule has 3 N–H and O–H groups in total. The number of para-hydroxylation sites is 2. The number of hydrogen-bond donors (Lipinski definition) is 3. The van der Waals surface area contributed by atoms with E-state index in [1.807, 2.05) is 52.0 Å². The van der Waals surface area contributed by atoms with Gasteiger partial charge in [0.05, 0.1) is 37.0 Å². The maximum atomic E-state index is 11.3. The fourth-order valence-electron chi connectivity index (χ4n) is 2.98. The zero-order valence-corrected chi connectivity index (χ0v) is 19.4. The summed E-state index contributed by atoms with van der Waals surface area (Å²) in [5.41, 5.74) is 2.26. The molecule has 10 heteroatoms. The average molecular weight is 459 g/mol. The first-order chi connectivity index (χ1) is 15.8. The van der Waals surface area contributed by atoms with E-state index in [9.17, 15) is 14.7 Å². The number of H-pyrrole nitrogens is 1. The molecule has 0 saturated carbocycles. The van der Waals surface area contributed by atoms with Crippen molar-refractivity contribution in [1.29, 1.82) is 0 Å². The molecule has 0 unspecified atom stereocenters. The number of imidazole rings is 1. The molecule has 3 rings (SSSR count). The summed E-state index contributed by atoms with van der Waals surface area (Å²) in [6.07, 6.45) is -1.52. The van der Waals surface area contributed by atoms with Gasteiger partial charge >= 0.3 is 12.2 Å². The van der Waals surface area contributed by atoms with Crippen LogP contribution in [0.2, 0.25) is 0 Å². The number of ether oxygens (including phenoxy) is 3. The fourth-order valence-corrected chi connectivity index (χ4v) is 2.98. The molecule has 2 amide bonds. The lowest BCUT2D eigenvalue weighted by Crippen LogP contribution is -2.35. The monoisotopic (exact) mass is 458 g/mol. The number of anilines is 2. The molecule has 2 aromatic carbocycles.